The zero-order valence-corrected chi connectivity index (χ0v) is 16.3. The van der Waals surface area contributed by atoms with E-state index in [2.05, 4.69) is 32.6 Å². The maximum atomic E-state index is 12.4. The number of hydrogen-bond acceptors (Lipinski definition) is 7. The van der Waals surface area contributed by atoms with Crippen LogP contribution in [0.25, 0.3) is 11.3 Å². The molecular formula is C17H19N5O2S2. The van der Waals surface area contributed by atoms with E-state index in [1.165, 1.54) is 11.3 Å². The molecule has 9 heteroatoms. The molecule has 0 atom stereocenters. The summed E-state index contributed by atoms with van der Waals surface area (Å²) in [5, 5.41) is 28.2. The molecule has 1 amide bonds. The second-order valence-corrected chi connectivity index (χ2v) is 8.12. The molecule has 0 saturated carbocycles. The highest BCUT2D eigenvalue weighted by atomic mass is 32.2. The number of H-pyrrole nitrogens is 1. The van der Waals surface area contributed by atoms with E-state index in [-0.39, 0.29) is 17.4 Å². The van der Waals surface area contributed by atoms with Crippen molar-refractivity contribution in [2.24, 2.45) is 0 Å². The van der Waals surface area contributed by atoms with Gasteiger partial charge in [0.25, 0.3) is 5.91 Å². The molecule has 0 radical (unpaired) electrons. The summed E-state index contributed by atoms with van der Waals surface area (Å²) in [7, 11) is 0. The molecule has 2 aromatic heterocycles. The molecule has 136 valence electrons. The van der Waals surface area contributed by atoms with E-state index >= 15 is 0 Å². The predicted octanol–water partition coefficient (Wildman–Crippen LogP) is 4.01. The Kier molecular flexibility index (Phi) is 5.58. The number of benzene rings is 1. The maximum absolute atomic E-state index is 12.4. The van der Waals surface area contributed by atoms with E-state index in [9.17, 15) is 9.90 Å². The molecule has 1 aromatic carbocycles. The minimum Gasteiger partial charge on any atom is -0.507 e. The third-order valence-corrected chi connectivity index (χ3v) is 5.94. The van der Waals surface area contributed by atoms with Crippen LogP contribution in [0.5, 0.6) is 5.75 Å². The molecule has 0 fully saturated rings. The van der Waals surface area contributed by atoms with Crippen molar-refractivity contribution in [3.8, 4) is 17.0 Å². The van der Waals surface area contributed by atoms with E-state index in [1.807, 2.05) is 19.9 Å². The first-order chi connectivity index (χ1) is 12.5. The number of phenols is 1. The molecule has 0 unspecified atom stereocenters. The number of thioether (sulfide) groups is 1. The third-order valence-electron chi connectivity index (χ3n) is 3.77. The van der Waals surface area contributed by atoms with Crippen molar-refractivity contribution in [3.05, 3.63) is 35.0 Å². The number of aromatic hydroxyl groups is 1. The highest BCUT2D eigenvalue weighted by Gasteiger charge is 2.16. The number of rotatable bonds is 6. The third kappa shape index (κ3) is 4.05. The fourth-order valence-corrected chi connectivity index (χ4v) is 3.93. The van der Waals surface area contributed by atoms with Gasteiger partial charge in [-0.25, -0.2) is 0 Å². The van der Waals surface area contributed by atoms with E-state index in [0.717, 1.165) is 27.6 Å². The number of carbonyl (C=O) groups is 1. The number of aryl methyl sites for hydroxylation is 2. The van der Waals surface area contributed by atoms with Gasteiger partial charge in [-0.2, -0.15) is 5.10 Å². The number of nitrogens with one attached hydrogen (secondary N) is 2. The standard InChI is InChI=1S/C17H19N5O2S2/c1-4-5-25-17-22-21-16(26-17)18-15(24)13-8-12(19-20-13)11-6-9(2)10(3)7-14(11)23/h6-8,23H,4-5H2,1-3H3,(H,19,20)(H,18,21,24). The van der Waals surface area contributed by atoms with Gasteiger partial charge in [-0.1, -0.05) is 30.0 Å². The van der Waals surface area contributed by atoms with Gasteiger partial charge in [0.05, 0.1) is 5.69 Å². The van der Waals surface area contributed by atoms with Crippen LogP contribution in [0.2, 0.25) is 0 Å². The number of nitrogens with zero attached hydrogens (tertiary/aromatic N) is 3. The number of carbonyl (C=O) groups excluding carboxylic acids is 1. The minimum atomic E-state index is -0.352. The van der Waals surface area contributed by atoms with Crippen molar-refractivity contribution in [3.63, 3.8) is 0 Å². The molecule has 0 aliphatic heterocycles. The zero-order valence-electron chi connectivity index (χ0n) is 14.7. The highest BCUT2D eigenvalue weighted by Crippen LogP contribution is 2.31. The molecule has 0 aliphatic carbocycles. The van der Waals surface area contributed by atoms with Crippen LogP contribution in [0.3, 0.4) is 0 Å². The molecule has 0 aliphatic rings. The normalized spacial score (nSPS) is 10.9. The summed E-state index contributed by atoms with van der Waals surface area (Å²) in [5.41, 5.74) is 3.41. The summed E-state index contributed by atoms with van der Waals surface area (Å²) in [6.45, 7) is 5.99. The molecule has 0 bridgehead atoms. The number of phenolic OH excluding ortho intramolecular Hbond substituents is 1. The first-order valence-electron chi connectivity index (χ1n) is 8.11. The van der Waals surface area contributed by atoms with Crippen LogP contribution < -0.4 is 5.32 Å². The average molecular weight is 390 g/mol. The van der Waals surface area contributed by atoms with Gasteiger partial charge < -0.3 is 5.11 Å². The SMILES string of the molecule is CCCSc1nnc(NC(=O)c2cc(-c3cc(C)c(C)cc3O)n[nH]2)s1. The summed E-state index contributed by atoms with van der Waals surface area (Å²) >= 11 is 2.95. The van der Waals surface area contributed by atoms with Crippen molar-refractivity contribution in [2.75, 3.05) is 11.1 Å². The lowest BCUT2D eigenvalue weighted by Crippen LogP contribution is -2.12. The second kappa shape index (κ2) is 7.88. The van der Waals surface area contributed by atoms with E-state index in [0.29, 0.717) is 16.4 Å². The monoisotopic (exact) mass is 389 g/mol. The molecule has 2 heterocycles. The Morgan fingerprint density at radius 1 is 1.27 bits per heavy atom. The molecule has 0 saturated heterocycles. The van der Waals surface area contributed by atoms with Gasteiger partial charge in [0.15, 0.2) is 4.34 Å². The van der Waals surface area contributed by atoms with Gasteiger partial charge in [-0.05, 0) is 49.6 Å². The maximum Gasteiger partial charge on any atom is 0.275 e. The Morgan fingerprint density at radius 3 is 2.81 bits per heavy atom. The summed E-state index contributed by atoms with van der Waals surface area (Å²) in [5.74, 6) is 0.745. The zero-order chi connectivity index (χ0) is 18.7. The lowest BCUT2D eigenvalue weighted by molar-refractivity contribution is 0.102. The quantitative estimate of drug-likeness (QED) is 0.435. The lowest BCUT2D eigenvalue weighted by atomic mass is 10.0. The topological polar surface area (TPSA) is 104 Å². The van der Waals surface area contributed by atoms with Crippen molar-refractivity contribution in [1.29, 1.82) is 0 Å². The highest BCUT2D eigenvalue weighted by molar-refractivity contribution is 8.01. The first kappa shape index (κ1) is 18.4. The van der Waals surface area contributed by atoms with Gasteiger partial charge in [-0.15, -0.1) is 10.2 Å². The van der Waals surface area contributed by atoms with Crippen LogP contribution in [0.4, 0.5) is 5.13 Å². The van der Waals surface area contributed by atoms with Crippen LogP contribution in [0.1, 0.15) is 35.0 Å². The van der Waals surface area contributed by atoms with Crippen molar-refractivity contribution < 1.29 is 9.90 Å². The first-order valence-corrected chi connectivity index (χ1v) is 9.91. The molecule has 7 nitrogen and oxygen atoms in total. The van der Waals surface area contributed by atoms with E-state index in [4.69, 9.17) is 0 Å². The average Bonchev–Trinajstić information content (AvgIpc) is 3.26. The van der Waals surface area contributed by atoms with Crippen LogP contribution in [0, 0.1) is 13.8 Å². The summed E-state index contributed by atoms with van der Waals surface area (Å²) in [4.78, 5) is 12.4. The Hall–Kier alpha value is -2.39. The number of anilines is 1. The van der Waals surface area contributed by atoms with Gasteiger partial charge >= 0.3 is 0 Å². The van der Waals surface area contributed by atoms with Crippen LogP contribution in [-0.4, -0.2) is 37.2 Å². The molecule has 3 aromatic rings. The van der Waals surface area contributed by atoms with Crippen LogP contribution in [0.15, 0.2) is 22.5 Å². The van der Waals surface area contributed by atoms with E-state index in [1.54, 1.807) is 23.9 Å². The number of amides is 1. The fourth-order valence-electron chi connectivity index (χ4n) is 2.25. The summed E-state index contributed by atoms with van der Waals surface area (Å²) in [6, 6.07) is 5.15. The fraction of sp³-hybridized carbons (Fsp3) is 0.294. The Balaban J connectivity index is 1.74. The molecule has 0 spiro atoms. The van der Waals surface area contributed by atoms with Gasteiger partial charge in [0.2, 0.25) is 5.13 Å². The molecular weight excluding hydrogens is 370 g/mol. The second-order valence-electron chi connectivity index (χ2n) is 5.80. The summed E-state index contributed by atoms with van der Waals surface area (Å²) < 4.78 is 0.826. The molecule has 26 heavy (non-hydrogen) atoms. The van der Waals surface area contributed by atoms with Crippen LogP contribution >= 0.6 is 23.1 Å². The van der Waals surface area contributed by atoms with Gasteiger partial charge in [0.1, 0.15) is 11.4 Å². The summed E-state index contributed by atoms with van der Waals surface area (Å²) in [6.07, 6.45) is 1.05. The Labute approximate surface area is 159 Å². The largest absolute Gasteiger partial charge is 0.507 e. The van der Waals surface area contributed by atoms with Crippen molar-refractivity contribution in [1.82, 2.24) is 20.4 Å². The van der Waals surface area contributed by atoms with Gasteiger partial charge in [-0.3, -0.25) is 15.2 Å². The Morgan fingerprint density at radius 2 is 2.04 bits per heavy atom. The minimum absolute atomic E-state index is 0.133. The van der Waals surface area contributed by atoms with Crippen molar-refractivity contribution in [2.45, 2.75) is 31.5 Å². The number of aromatic amines is 1. The lowest BCUT2D eigenvalue weighted by Gasteiger charge is -2.05. The predicted molar refractivity (Wildman–Crippen MR) is 104 cm³/mol. The van der Waals surface area contributed by atoms with Crippen molar-refractivity contribution >= 4 is 34.1 Å². The number of aromatic nitrogens is 4. The smallest absolute Gasteiger partial charge is 0.275 e. The van der Waals surface area contributed by atoms with E-state index < -0.39 is 0 Å². The number of hydrogen-bond donors (Lipinski definition) is 3. The Bertz CT molecular complexity index is 935. The molecule has 3 rings (SSSR count). The van der Waals surface area contributed by atoms with Gasteiger partial charge in [0, 0.05) is 11.3 Å². The molecule has 3 N–H and O–H groups in total. The van der Waals surface area contributed by atoms with Crippen LogP contribution in [-0.2, 0) is 0 Å².